The number of hydrogen-bond donors (Lipinski definition) is 3. The van der Waals surface area contributed by atoms with E-state index < -0.39 is 34.8 Å². The molecule has 7 nitrogen and oxygen atoms in total. The van der Waals surface area contributed by atoms with E-state index in [0.717, 1.165) is 0 Å². The lowest BCUT2D eigenvalue weighted by Crippen LogP contribution is -2.26. The first kappa shape index (κ1) is 18.2. The van der Waals surface area contributed by atoms with E-state index in [1.165, 1.54) is 31.2 Å². The Bertz CT molecular complexity index is 690. The van der Waals surface area contributed by atoms with E-state index in [2.05, 4.69) is 4.74 Å². The zero-order chi connectivity index (χ0) is 17.6. The maximum Gasteiger partial charge on any atom is 0.347 e. The number of halogens is 1. The predicted molar refractivity (Wildman–Crippen MR) is 82.5 cm³/mol. The maximum absolute atomic E-state index is 11.9. The second-order valence-corrected chi connectivity index (χ2v) is 4.65. The largest absolute Gasteiger partial charge is 0.507 e. The molecule has 1 aromatic rings. The van der Waals surface area contributed by atoms with Crippen molar-refractivity contribution in [2.45, 2.75) is 6.92 Å². The number of rotatable bonds is 6. The van der Waals surface area contributed by atoms with Gasteiger partial charge in [-0.3, -0.25) is 9.59 Å². The number of primary amides is 1. The number of esters is 1. The number of hydrogen-bond acceptors (Lipinski definition) is 6. The molecule has 0 radical (unpaired) electrons. The molecular formula is C15H14ClNO6. The number of aliphatic hydroxyl groups excluding tert-OH is 2. The molecule has 0 bridgehead atoms. The van der Waals surface area contributed by atoms with Crippen molar-refractivity contribution in [1.82, 2.24) is 0 Å². The third-order valence-electron chi connectivity index (χ3n) is 2.60. The molecule has 0 atom stereocenters. The molecule has 1 aromatic carbocycles. The van der Waals surface area contributed by atoms with Crippen LogP contribution in [0.4, 0.5) is 0 Å². The van der Waals surface area contributed by atoms with Gasteiger partial charge in [-0.15, -0.1) is 0 Å². The normalized spacial score (nSPS) is 12.3. The monoisotopic (exact) mass is 339 g/mol. The van der Waals surface area contributed by atoms with Gasteiger partial charge in [-0.05, 0) is 31.2 Å². The van der Waals surface area contributed by atoms with Crippen LogP contribution >= 0.6 is 11.6 Å². The summed E-state index contributed by atoms with van der Waals surface area (Å²) in [5.41, 5.74) is 4.21. The van der Waals surface area contributed by atoms with Crippen LogP contribution < -0.4 is 5.73 Å². The molecule has 4 N–H and O–H groups in total. The van der Waals surface area contributed by atoms with Crippen LogP contribution in [0, 0.1) is 0 Å². The molecule has 0 saturated carbocycles. The van der Waals surface area contributed by atoms with Crippen molar-refractivity contribution in [1.29, 1.82) is 0 Å². The summed E-state index contributed by atoms with van der Waals surface area (Å²) in [6, 6.07) is 5.83. The van der Waals surface area contributed by atoms with Gasteiger partial charge >= 0.3 is 5.97 Å². The van der Waals surface area contributed by atoms with Crippen molar-refractivity contribution in [3.8, 4) is 0 Å². The number of carbonyl (C=O) groups excluding carboxylic acids is 3. The van der Waals surface area contributed by atoms with Crippen LogP contribution in [0.1, 0.15) is 12.5 Å². The van der Waals surface area contributed by atoms with Gasteiger partial charge in [0.15, 0.2) is 11.3 Å². The Morgan fingerprint density at radius 1 is 1.22 bits per heavy atom. The smallest absolute Gasteiger partial charge is 0.347 e. The number of ether oxygens (including phenoxy) is 1. The van der Waals surface area contributed by atoms with E-state index in [-0.39, 0.29) is 12.2 Å². The topological polar surface area (TPSA) is 127 Å². The van der Waals surface area contributed by atoms with Gasteiger partial charge in [0.05, 0.1) is 6.61 Å². The van der Waals surface area contributed by atoms with E-state index >= 15 is 0 Å². The van der Waals surface area contributed by atoms with E-state index in [4.69, 9.17) is 17.3 Å². The van der Waals surface area contributed by atoms with Crippen molar-refractivity contribution < 1.29 is 29.3 Å². The SMILES string of the molecule is CCOC(=O)/C(C(N)=O)=C(/O)C(=O)/C=C(\O)c1ccc(Cl)cc1. The fourth-order valence-electron chi connectivity index (χ4n) is 1.54. The minimum Gasteiger partial charge on any atom is -0.507 e. The highest BCUT2D eigenvalue weighted by Crippen LogP contribution is 2.16. The van der Waals surface area contributed by atoms with Crippen molar-refractivity contribution in [2.24, 2.45) is 5.73 Å². The first-order valence-corrected chi connectivity index (χ1v) is 6.76. The molecule has 0 aliphatic carbocycles. The van der Waals surface area contributed by atoms with Crippen molar-refractivity contribution in [2.75, 3.05) is 6.61 Å². The molecular weight excluding hydrogens is 326 g/mol. The van der Waals surface area contributed by atoms with Gasteiger partial charge in [0.1, 0.15) is 5.76 Å². The summed E-state index contributed by atoms with van der Waals surface area (Å²) >= 11 is 5.70. The van der Waals surface area contributed by atoms with Gasteiger partial charge < -0.3 is 20.7 Å². The summed E-state index contributed by atoms with van der Waals surface area (Å²) in [6.07, 6.45) is 0.640. The third-order valence-corrected chi connectivity index (χ3v) is 2.86. The van der Waals surface area contributed by atoms with E-state index in [1.54, 1.807) is 0 Å². The minimum atomic E-state index is -1.33. The first-order valence-electron chi connectivity index (χ1n) is 6.39. The lowest BCUT2D eigenvalue weighted by Gasteiger charge is -2.05. The van der Waals surface area contributed by atoms with Crippen LogP contribution in [-0.4, -0.2) is 34.5 Å². The number of amides is 1. The van der Waals surface area contributed by atoms with Crippen LogP contribution in [0.2, 0.25) is 5.02 Å². The van der Waals surface area contributed by atoms with Gasteiger partial charge in [-0.1, -0.05) is 11.6 Å². The standard InChI is InChI=1S/C15H14ClNO6/c1-2-23-15(22)12(14(17)21)13(20)11(19)7-10(18)8-3-5-9(16)6-4-8/h3-7,18,20H,2H2,1H3,(H2,17,21)/b10-7-,13-12+. The molecule has 0 unspecified atom stereocenters. The zero-order valence-corrected chi connectivity index (χ0v) is 12.8. The van der Waals surface area contributed by atoms with Crippen LogP contribution in [0.25, 0.3) is 5.76 Å². The van der Waals surface area contributed by atoms with Crippen LogP contribution in [0.15, 0.2) is 41.7 Å². The summed E-state index contributed by atoms with van der Waals surface area (Å²) in [5, 5.41) is 20.0. The highest BCUT2D eigenvalue weighted by molar-refractivity contribution is 6.30. The highest BCUT2D eigenvalue weighted by atomic mass is 35.5. The summed E-state index contributed by atoms with van der Waals surface area (Å²) in [4.78, 5) is 34.6. The molecule has 0 fully saturated rings. The molecule has 122 valence electrons. The molecule has 0 spiro atoms. The summed E-state index contributed by atoms with van der Waals surface area (Å²) in [7, 11) is 0. The van der Waals surface area contributed by atoms with Crippen LogP contribution in [-0.2, 0) is 19.1 Å². The maximum atomic E-state index is 11.9. The Morgan fingerprint density at radius 3 is 2.26 bits per heavy atom. The lowest BCUT2D eigenvalue weighted by molar-refractivity contribution is -0.140. The number of carbonyl (C=O) groups is 3. The highest BCUT2D eigenvalue weighted by Gasteiger charge is 2.26. The summed E-state index contributed by atoms with van der Waals surface area (Å²) in [5.74, 6) is -5.44. The minimum absolute atomic E-state index is 0.0804. The van der Waals surface area contributed by atoms with E-state index in [1.807, 2.05) is 0 Å². The van der Waals surface area contributed by atoms with Crippen LogP contribution in [0.5, 0.6) is 0 Å². The van der Waals surface area contributed by atoms with Gasteiger partial charge in [-0.25, -0.2) is 4.79 Å². The average Bonchev–Trinajstić information content (AvgIpc) is 2.47. The molecule has 0 aromatic heterocycles. The third kappa shape index (κ3) is 4.86. The summed E-state index contributed by atoms with van der Waals surface area (Å²) < 4.78 is 4.53. The van der Waals surface area contributed by atoms with Gasteiger partial charge in [0, 0.05) is 16.7 Å². The Hall–Kier alpha value is -2.80. The zero-order valence-electron chi connectivity index (χ0n) is 12.1. The molecule has 0 heterocycles. The number of nitrogens with two attached hydrogens (primary N) is 1. The first-order chi connectivity index (χ1) is 10.8. The second-order valence-electron chi connectivity index (χ2n) is 4.21. The van der Waals surface area contributed by atoms with Crippen molar-refractivity contribution >= 4 is 35.0 Å². The Balaban J connectivity index is 3.16. The van der Waals surface area contributed by atoms with Crippen LogP contribution in [0.3, 0.4) is 0 Å². The molecule has 0 aliphatic rings. The Morgan fingerprint density at radius 2 is 1.78 bits per heavy atom. The van der Waals surface area contributed by atoms with Gasteiger partial charge in [0.25, 0.3) is 5.91 Å². The molecule has 1 amide bonds. The number of aliphatic hydroxyl groups is 2. The number of benzene rings is 1. The molecule has 1 rings (SSSR count). The van der Waals surface area contributed by atoms with Crippen molar-refractivity contribution in [3.63, 3.8) is 0 Å². The van der Waals surface area contributed by atoms with Gasteiger partial charge in [-0.2, -0.15) is 0 Å². The predicted octanol–water partition coefficient (Wildman–Crippen LogP) is 1.67. The summed E-state index contributed by atoms with van der Waals surface area (Å²) in [6.45, 7) is 1.39. The number of allylic oxidation sites excluding steroid dienone is 1. The molecule has 8 heteroatoms. The molecule has 0 aliphatic heterocycles. The van der Waals surface area contributed by atoms with E-state index in [0.29, 0.717) is 11.1 Å². The average molecular weight is 340 g/mol. The number of ketones is 1. The fraction of sp³-hybridized carbons (Fsp3) is 0.133. The fourth-order valence-corrected chi connectivity index (χ4v) is 1.66. The quantitative estimate of drug-likeness (QED) is 0.238. The Kier molecular flexibility index (Phi) is 6.35. The lowest BCUT2D eigenvalue weighted by atomic mass is 10.1. The second kappa shape index (κ2) is 8.00. The van der Waals surface area contributed by atoms with E-state index in [9.17, 15) is 24.6 Å². The molecule has 23 heavy (non-hydrogen) atoms. The van der Waals surface area contributed by atoms with Gasteiger partial charge in [0.2, 0.25) is 5.78 Å². The Labute approximate surface area is 136 Å². The van der Waals surface area contributed by atoms with Crippen molar-refractivity contribution in [3.05, 3.63) is 52.3 Å². The molecule has 0 saturated heterocycles.